The normalized spacial score (nSPS) is 53.2. The zero-order chi connectivity index (χ0) is 17.6. The maximum absolute atomic E-state index is 13.4. The van der Waals surface area contributed by atoms with Crippen LogP contribution in [0.5, 0.6) is 0 Å². The van der Waals surface area contributed by atoms with Gasteiger partial charge >= 0.3 is 0 Å². The molecule has 0 amide bonds. The van der Waals surface area contributed by atoms with Crippen molar-refractivity contribution >= 4 is 11.6 Å². The number of hydrogen-bond donors (Lipinski definition) is 0. The van der Waals surface area contributed by atoms with Crippen LogP contribution in [0.3, 0.4) is 0 Å². The van der Waals surface area contributed by atoms with E-state index in [2.05, 4.69) is 19.6 Å². The maximum Gasteiger partial charge on any atom is 0.172 e. The van der Waals surface area contributed by atoms with Gasteiger partial charge in [0.05, 0.1) is 5.41 Å². The molecule has 3 nitrogen and oxygen atoms in total. The quantitative estimate of drug-likeness (QED) is 0.416. The summed E-state index contributed by atoms with van der Waals surface area (Å²) in [5.41, 5.74) is -0.477. The summed E-state index contributed by atoms with van der Waals surface area (Å²) in [6.45, 7) is 6.34. The molecule has 0 aromatic carbocycles. The summed E-state index contributed by atoms with van der Waals surface area (Å²) in [4.78, 5) is 26.6. The zero-order valence-electron chi connectivity index (χ0n) is 15.0. The second-order valence-electron chi connectivity index (χ2n) is 9.38. The van der Waals surface area contributed by atoms with E-state index >= 15 is 0 Å². The number of allylic oxidation sites excluding steroid dienone is 1. The summed E-state index contributed by atoms with van der Waals surface area (Å²) < 4.78 is 5.97. The largest absolute Gasteiger partial charge is 0.440 e. The predicted octanol–water partition coefficient (Wildman–Crippen LogP) is 3.67. The first kappa shape index (κ1) is 15.7. The predicted molar refractivity (Wildman–Crippen MR) is 93.2 cm³/mol. The monoisotopic (exact) mass is 338 g/mol. The SMILES string of the molecule is C#COC12CCCC(C)C3CC(=O)C45CCC(CC4C31C2)C(=C)C5=O. The molecule has 6 rings (SSSR count). The third-order valence-electron chi connectivity index (χ3n) is 8.86. The van der Waals surface area contributed by atoms with Crippen molar-refractivity contribution in [3.8, 4) is 12.5 Å². The van der Waals surface area contributed by atoms with Crippen LogP contribution in [0.15, 0.2) is 12.2 Å². The Morgan fingerprint density at radius 1 is 1.28 bits per heavy atom. The molecule has 0 aromatic rings. The topological polar surface area (TPSA) is 43.4 Å². The van der Waals surface area contributed by atoms with Crippen molar-refractivity contribution in [2.45, 2.75) is 63.9 Å². The van der Waals surface area contributed by atoms with Gasteiger partial charge in [-0.05, 0) is 67.8 Å². The van der Waals surface area contributed by atoms with Gasteiger partial charge in [-0.1, -0.05) is 26.3 Å². The lowest BCUT2D eigenvalue weighted by Crippen LogP contribution is -2.63. The molecule has 0 radical (unpaired) electrons. The van der Waals surface area contributed by atoms with Crippen LogP contribution in [0.2, 0.25) is 0 Å². The van der Waals surface area contributed by atoms with Crippen molar-refractivity contribution in [1.82, 2.24) is 0 Å². The Labute approximate surface area is 149 Å². The lowest BCUT2D eigenvalue weighted by atomic mass is 9.42. The van der Waals surface area contributed by atoms with E-state index < -0.39 is 5.41 Å². The molecule has 2 spiro atoms. The number of carbonyl (C=O) groups excluding carboxylic acids is 2. The van der Waals surface area contributed by atoms with Gasteiger partial charge < -0.3 is 4.74 Å². The average Bonchev–Trinajstić information content (AvgIpc) is 3.25. The molecule has 6 saturated carbocycles. The van der Waals surface area contributed by atoms with E-state index in [1.54, 1.807) is 0 Å². The standard InChI is InChI=1S/C22H26O3/c1-4-25-20-8-5-6-13(2)16-11-18(23)21-9-7-15(14(3)19(21)24)10-17(21)22(16,20)12-20/h1,13,15-17H,3,5-12H2,2H3. The van der Waals surface area contributed by atoms with Crippen LogP contribution in [0.1, 0.15) is 58.3 Å². The Hall–Kier alpha value is -1.56. The smallest absolute Gasteiger partial charge is 0.172 e. The molecule has 6 aliphatic carbocycles. The minimum Gasteiger partial charge on any atom is -0.440 e. The number of terminal acetylenes is 1. The fourth-order valence-corrected chi connectivity index (χ4v) is 7.75. The summed E-state index contributed by atoms with van der Waals surface area (Å²) in [7, 11) is 0. The highest BCUT2D eigenvalue weighted by Crippen LogP contribution is 2.80. The summed E-state index contributed by atoms with van der Waals surface area (Å²) in [6, 6.07) is 0. The lowest BCUT2D eigenvalue weighted by molar-refractivity contribution is -0.169. The minimum atomic E-state index is -0.813. The Morgan fingerprint density at radius 3 is 2.84 bits per heavy atom. The van der Waals surface area contributed by atoms with Crippen LogP contribution in [-0.4, -0.2) is 17.2 Å². The first-order valence-electron chi connectivity index (χ1n) is 9.83. The second-order valence-corrected chi connectivity index (χ2v) is 9.38. The van der Waals surface area contributed by atoms with Gasteiger partial charge in [0.25, 0.3) is 0 Å². The van der Waals surface area contributed by atoms with Crippen molar-refractivity contribution in [3.63, 3.8) is 0 Å². The lowest BCUT2D eigenvalue weighted by Gasteiger charge is -2.59. The van der Waals surface area contributed by atoms with Crippen LogP contribution in [-0.2, 0) is 14.3 Å². The van der Waals surface area contributed by atoms with Crippen molar-refractivity contribution in [1.29, 1.82) is 0 Å². The minimum absolute atomic E-state index is 0.0521. The van der Waals surface area contributed by atoms with Gasteiger partial charge in [0, 0.05) is 11.8 Å². The summed E-state index contributed by atoms with van der Waals surface area (Å²) in [5, 5.41) is 0. The van der Waals surface area contributed by atoms with E-state index in [4.69, 9.17) is 11.2 Å². The molecule has 0 saturated heterocycles. The fraction of sp³-hybridized carbons (Fsp3) is 0.727. The Balaban J connectivity index is 1.69. The first-order valence-corrected chi connectivity index (χ1v) is 9.83. The Kier molecular flexibility index (Phi) is 2.87. The summed E-state index contributed by atoms with van der Waals surface area (Å²) >= 11 is 0. The molecule has 0 N–H and O–H groups in total. The molecule has 25 heavy (non-hydrogen) atoms. The zero-order valence-corrected chi connectivity index (χ0v) is 15.0. The molecule has 2 bridgehead atoms. The fourth-order valence-electron chi connectivity index (χ4n) is 7.75. The van der Waals surface area contributed by atoms with E-state index in [1.165, 1.54) is 0 Å². The van der Waals surface area contributed by atoms with Crippen LogP contribution in [0.25, 0.3) is 0 Å². The number of fused-ring (bicyclic) bond motifs is 2. The van der Waals surface area contributed by atoms with Gasteiger partial charge in [0.15, 0.2) is 5.78 Å². The molecule has 7 unspecified atom stereocenters. The van der Waals surface area contributed by atoms with Gasteiger partial charge in [-0.15, -0.1) is 0 Å². The molecule has 6 aliphatic rings. The molecular weight excluding hydrogens is 312 g/mol. The summed E-state index contributed by atoms with van der Waals surface area (Å²) in [6.07, 6.45) is 15.3. The van der Waals surface area contributed by atoms with Gasteiger partial charge in [-0.2, -0.15) is 0 Å². The van der Waals surface area contributed by atoms with Crippen molar-refractivity contribution < 1.29 is 14.3 Å². The molecular formula is C22H26O3. The number of ether oxygens (including phenoxy) is 1. The highest BCUT2D eigenvalue weighted by Gasteiger charge is 2.83. The number of Topliss-reactive ketones (excluding diaryl/α,β-unsaturated/α-hetero) is 2. The van der Waals surface area contributed by atoms with E-state index in [0.717, 1.165) is 38.5 Å². The maximum atomic E-state index is 13.4. The second kappa shape index (κ2) is 4.58. The number of hydrogen-bond acceptors (Lipinski definition) is 3. The number of carbonyl (C=O) groups is 2. The third-order valence-corrected chi connectivity index (χ3v) is 8.86. The first-order chi connectivity index (χ1) is 11.9. The third kappa shape index (κ3) is 1.52. The van der Waals surface area contributed by atoms with Crippen LogP contribution >= 0.6 is 0 Å². The molecule has 7 atom stereocenters. The number of rotatable bonds is 1. The molecule has 132 valence electrons. The van der Waals surface area contributed by atoms with Gasteiger partial charge in [0.1, 0.15) is 17.5 Å². The highest BCUT2D eigenvalue weighted by molar-refractivity contribution is 6.16. The molecule has 3 heteroatoms. The van der Waals surface area contributed by atoms with Crippen LogP contribution in [0.4, 0.5) is 0 Å². The van der Waals surface area contributed by atoms with Gasteiger partial charge in [-0.25, -0.2) is 0 Å². The van der Waals surface area contributed by atoms with Crippen molar-refractivity contribution in [3.05, 3.63) is 12.2 Å². The number of ketones is 2. The molecule has 0 aromatic heterocycles. The Bertz CT molecular complexity index is 745. The van der Waals surface area contributed by atoms with E-state index in [-0.39, 0.29) is 34.4 Å². The van der Waals surface area contributed by atoms with E-state index in [1.807, 2.05) is 0 Å². The van der Waals surface area contributed by atoms with Gasteiger partial charge in [0.2, 0.25) is 0 Å². The summed E-state index contributed by atoms with van der Waals surface area (Å²) in [5.74, 6) is 1.40. The van der Waals surface area contributed by atoms with Crippen molar-refractivity contribution in [2.24, 2.45) is 34.5 Å². The van der Waals surface area contributed by atoms with E-state index in [0.29, 0.717) is 30.3 Å². The van der Waals surface area contributed by atoms with Crippen LogP contribution in [0, 0.1) is 47.0 Å². The molecule has 0 aliphatic heterocycles. The van der Waals surface area contributed by atoms with Crippen LogP contribution < -0.4 is 0 Å². The molecule has 0 heterocycles. The molecule has 6 fully saturated rings. The van der Waals surface area contributed by atoms with Crippen molar-refractivity contribution in [2.75, 3.05) is 0 Å². The highest BCUT2D eigenvalue weighted by atomic mass is 16.5. The van der Waals surface area contributed by atoms with E-state index in [9.17, 15) is 9.59 Å². The Morgan fingerprint density at radius 2 is 2.08 bits per heavy atom. The van der Waals surface area contributed by atoms with Gasteiger partial charge in [-0.3, -0.25) is 9.59 Å². The average molecular weight is 338 g/mol.